The van der Waals surface area contributed by atoms with Crippen molar-refractivity contribution in [2.45, 2.75) is 57.5 Å². The fourth-order valence-corrected chi connectivity index (χ4v) is 2.86. The predicted molar refractivity (Wildman–Crippen MR) is 60.3 cm³/mol. The van der Waals surface area contributed by atoms with Gasteiger partial charge in [0.15, 0.2) is 17.5 Å². The number of hydrogen-bond donors (Lipinski definition) is 0. The number of Topliss-reactive ketones (excluding diaryl/α,β-unsaturated/α-hetero) is 2. The molecule has 2 aliphatic rings. The monoisotopic (exact) mass is 238 g/mol. The second-order valence-corrected chi connectivity index (χ2v) is 5.10. The van der Waals surface area contributed by atoms with E-state index in [1.54, 1.807) is 0 Å². The Morgan fingerprint density at radius 3 is 2.53 bits per heavy atom. The molecule has 4 nitrogen and oxygen atoms in total. The van der Waals surface area contributed by atoms with E-state index in [0.29, 0.717) is 6.42 Å². The Bertz CT molecular complexity index is 332. The van der Waals surface area contributed by atoms with Gasteiger partial charge in [0.05, 0.1) is 0 Å². The Morgan fingerprint density at radius 2 is 2.00 bits per heavy atom. The largest absolute Gasteiger partial charge is 0.458 e. The highest BCUT2D eigenvalue weighted by atomic mass is 16.6. The van der Waals surface area contributed by atoms with Crippen molar-refractivity contribution < 1.29 is 19.1 Å². The SMILES string of the molecule is CCCC(=O)C1C(=O)CC2(CCCC2)OC1=O. The van der Waals surface area contributed by atoms with E-state index >= 15 is 0 Å². The molecule has 1 aliphatic heterocycles. The minimum atomic E-state index is -1.14. The minimum absolute atomic E-state index is 0.235. The molecule has 0 bridgehead atoms. The normalized spacial score (nSPS) is 27.2. The first-order chi connectivity index (χ1) is 8.08. The van der Waals surface area contributed by atoms with Crippen LogP contribution in [0.3, 0.4) is 0 Å². The highest BCUT2D eigenvalue weighted by molar-refractivity contribution is 6.18. The summed E-state index contributed by atoms with van der Waals surface area (Å²) in [7, 11) is 0. The van der Waals surface area contributed by atoms with E-state index in [0.717, 1.165) is 25.7 Å². The van der Waals surface area contributed by atoms with Crippen molar-refractivity contribution in [2.24, 2.45) is 5.92 Å². The van der Waals surface area contributed by atoms with Crippen molar-refractivity contribution in [3.63, 3.8) is 0 Å². The van der Waals surface area contributed by atoms with Crippen LogP contribution in [0.1, 0.15) is 51.9 Å². The zero-order valence-corrected chi connectivity index (χ0v) is 10.2. The molecule has 2 fully saturated rings. The van der Waals surface area contributed by atoms with Crippen LogP contribution in [0.5, 0.6) is 0 Å². The zero-order chi connectivity index (χ0) is 12.5. The number of ketones is 2. The van der Waals surface area contributed by atoms with Crippen molar-refractivity contribution in [3.8, 4) is 0 Å². The molecule has 0 amide bonds. The highest BCUT2D eigenvalue weighted by Gasteiger charge is 2.50. The van der Waals surface area contributed by atoms with E-state index in [1.807, 2.05) is 6.92 Å². The first-order valence-electron chi connectivity index (χ1n) is 6.36. The highest BCUT2D eigenvalue weighted by Crippen LogP contribution is 2.40. The summed E-state index contributed by atoms with van der Waals surface area (Å²) < 4.78 is 5.40. The lowest BCUT2D eigenvalue weighted by Gasteiger charge is -2.35. The molecule has 0 radical (unpaired) electrons. The fraction of sp³-hybridized carbons (Fsp3) is 0.769. The molecular weight excluding hydrogens is 220 g/mol. The summed E-state index contributed by atoms with van der Waals surface area (Å²) in [5.74, 6) is -2.26. The average Bonchev–Trinajstić information content (AvgIpc) is 2.65. The van der Waals surface area contributed by atoms with Gasteiger partial charge in [-0.3, -0.25) is 14.4 Å². The van der Waals surface area contributed by atoms with Gasteiger partial charge in [0.25, 0.3) is 0 Å². The van der Waals surface area contributed by atoms with Crippen LogP contribution in [0.4, 0.5) is 0 Å². The molecule has 1 saturated carbocycles. The molecule has 1 atom stereocenters. The molecule has 1 heterocycles. The molecule has 0 N–H and O–H groups in total. The van der Waals surface area contributed by atoms with Crippen molar-refractivity contribution in [1.82, 2.24) is 0 Å². The second kappa shape index (κ2) is 4.59. The van der Waals surface area contributed by atoms with Gasteiger partial charge in [0.1, 0.15) is 5.60 Å². The van der Waals surface area contributed by atoms with E-state index in [2.05, 4.69) is 0 Å². The molecule has 17 heavy (non-hydrogen) atoms. The van der Waals surface area contributed by atoms with Crippen molar-refractivity contribution >= 4 is 17.5 Å². The van der Waals surface area contributed by atoms with Gasteiger partial charge in [-0.2, -0.15) is 0 Å². The molecule has 94 valence electrons. The number of carbonyl (C=O) groups is 3. The summed E-state index contributed by atoms with van der Waals surface area (Å²) >= 11 is 0. The van der Waals surface area contributed by atoms with Crippen molar-refractivity contribution in [1.29, 1.82) is 0 Å². The molecule has 1 saturated heterocycles. The van der Waals surface area contributed by atoms with Gasteiger partial charge in [0, 0.05) is 12.8 Å². The number of ether oxygens (including phenoxy) is 1. The standard InChI is InChI=1S/C13H18O4/c1-2-5-9(14)11-10(15)8-13(17-12(11)16)6-3-4-7-13/h11H,2-8H2,1H3. The average molecular weight is 238 g/mol. The smallest absolute Gasteiger partial charge is 0.324 e. The van der Waals surface area contributed by atoms with Crippen LogP contribution in [0, 0.1) is 5.92 Å². The van der Waals surface area contributed by atoms with E-state index in [9.17, 15) is 14.4 Å². The minimum Gasteiger partial charge on any atom is -0.458 e. The summed E-state index contributed by atoms with van der Waals surface area (Å²) in [5, 5.41) is 0. The maximum absolute atomic E-state index is 12.0. The van der Waals surface area contributed by atoms with Crippen molar-refractivity contribution in [2.75, 3.05) is 0 Å². The summed E-state index contributed by atoms with van der Waals surface area (Å²) in [6.07, 6.45) is 4.68. The summed E-state index contributed by atoms with van der Waals surface area (Å²) in [6.45, 7) is 1.86. The second-order valence-electron chi connectivity index (χ2n) is 5.10. The molecule has 1 aliphatic carbocycles. The van der Waals surface area contributed by atoms with Crippen molar-refractivity contribution in [3.05, 3.63) is 0 Å². The molecule has 1 spiro atoms. The van der Waals surface area contributed by atoms with Crippen LogP contribution in [0.2, 0.25) is 0 Å². The lowest BCUT2D eigenvalue weighted by atomic mass is 9.83. The van der Waals surface area contributed by atoms with Gasteiger partial charge in [0.2, 0.25) is 0 Å². The summed E-state index contributed by atoms with van der Waals surface area (Å²) in [6, 6.07) is 0. The van der Waals surface area contributed by atoms with Crippen LogP contribution in [-0.4, -0.2) is 23.1 Å². The van der Waals surface area contributed by atoms with Gasteiger partial charge in [-0.05, 0) is 32.1 Å². The predicted octanol–water partition coefficient (Wildman–Crippen LogP) is 1.80. The van der Waals surface area contributed by atoms with E-state index < -0.39 is 17.5 Å². The number of rotatable bonds is 3. The molecule has 0 aromatic rings. The topological polar surface area (TPSA) is 60.4 Å². The van der Waals surface area contributed by atoms with E-state index in [4.69, 9.17) is 4.74 Å². The van der Waals surface area contributed by atoms with E-state index in [1.165, 1.54) is 0 Å². The van der Waals surface area contributed by atoms with Gasteiger partial charge in [-0.25, -0.2) is 0 Å². The Labute approximate surface area is 101 Å². The van der Waals surface area contributed by atoms with Gasteiger partial charge >= 0.3 is 5.97 Å². The summed E-state index contributed by atoms with van der Waals surface area (Å²) in [4.78, 5) is 35.5. The Kier molecular flexibility index (Phi) is 3.31. The van der Waals surface area contributed by atoms with Crippen LogP contribution in [-0.2, 0) is 19.1 Å². The third-order valence-electron chi connectivity index (χ3n) is 3.70. The number of esters is 1. The van der Waals surface area contributed by atoms with Gasteiger partial charge in [-0.1, -0.05) is 6.92 Å². The zero-order valence-electron chi connectivity index (χ0n) is 10.2. The first-order valence-corrected chi connectivity index (χ1v) is 6.36. The van der Waals surface area contributed by atoms with Crippen LogP contribution in [0.15, 0.2) is 0 Å². The maximum Gasteiger partial charge on any atom is 0.324 e. The van der Waals surface area contributed by atoms with Crippen LogP contribution < -0.4 is 0 Å². The van der Waals surface area contributed by atoms with Crippen LogP contribution in [0.25, 0.3) is 0 Å². The molecule has 0 aromatic carbocycles. The van der Waals surface area contributed by atoms with Gasteiger partial charge < -0.3 is 4.74 Å². The molecule has 4 heteroatoms. The summed E-state index contributed by atoms with van der Waals surface area (Å²) in [5.41, 5.74) is -0.572. The molecule has 1 unspecified atom stereocenters. The quantitative estimate of drug-likeness (QED) is 0.555. The first kappa shape index (κ1) is 12.3. The third-order valence-corrected chi connectivity index (χ3v) is 3.70. The fourth-order valence-electron chi connectivity index (χ4n) is 2.86. The number of carbonyl (C=O) groups excluding carboxylic acids is 3. The molecule has 0 aromatic heterocycles. The third kappa shape index (κ3) is 2.26. The maximum atomic E-state index is 12.0. The Hall–Kier alpha value is -1.19. The van der Waals surface area contributed by atoms with E-state index in [-0.39, 0.29) is 24.4 Å². The lowest BCUT2D eigenvalue weighted by molar-refractivity contribution is -0.177. The lowest BCUT2D eigenvalue weighted by Crippen LogP contribution is -2.48. The number of hydrogen-bond acceptors (Lipinski definition) is 4. The Balaban J connectivity index is 2.11. The van der Waals surface area contributed by atoms with Crippen LogP contribution >= 0.6 is 0 Å². The van der Waals surface area contributed by atoms with Gasteiger partial charge in [-0.15, -0.1) is 0 Å². The molecule has 2 rings (SSSR count). The Morgan fingerprint density at radius 1 is 1.35 bits per heavy atom. The molecular formula is C13H18O4.